The lowest BCUT2D eigenvalue weighted by molar-refractivity contribution is -0.174. The molecule has 2 rings (SSSR count). The van der Waals surface area contributed by atoms with Gasteiger partial charge in [0.05, 0.1) is 12.6 Å². The fraction of sp³-hybridized carbons (Fsp3) is 0.600. The molecule has 19 heavy (non-hydrogen) atoms. The van der Waals surface area contributed by atoms with Crippen molar-refractivity contribution in [1.82, 2.24) is 14.5 Å². The molecule has 2 heterocycles. The number of nitrogen functional groups attached to an aromatic ring is 1. The van der Waals surface area contributed by atoms with Crippen molar-refractivity contribution < 1.29 is 19.4 Å². The molecule has 9 heteroatoms. The van der Waals surface area contributed by atoms with Crippen LogP contribution >= 0.6 is 0 Å². The highest BCUT2D eigenvalue weighted by atomic mass is 16.7. The van der Waals surface area contributed by atoms with Crippen molar-refractivity contribution in [3.8, 4) is 0 Å². The van der Waals surface area contributed by atoms with Gasteiger partial charge in [-0.15, -0.1) is 0 Å². The Balaban J connectivity index is 2.22. The first kappa shape index (κ1) is 13.4. The molecular formula is C10H14N4O5. The number of carbonyl (C=O) groups is 1. The van der Waals surface area contributed by atoms with Crippen LogP contribution in [0.4, 0.5) is 5.95 Å². The molecule has 0 aromatic carbocycles. The lowest BCUT2D eigenvalue weighted by Gasteiger charge is -2.16. The Morgan fingerprint density at radius 1 is 1.74 bits per heavy atom. The largest absolute Gasteiger partial charge is 0.436 e. The molecule has 0 saturated carbocycles. The number of hydrogen-bond donors (Lipinski definition) is 2. The van der Waals surface area contributed by atoms with Gasteiger partial charge in [-0.05, 0) is 0 Å². The van der Waals surface area contributed by atoms with Gasteiger partial charge >= 0.3 is 11.7 Å². The molecule has 1 aliphatic rings. The van der Waals surface area contributed by atoms with Crippen LogP contribution in [-0.2, 0) is 14.3 Å². The molecule has 104 valence electrons. The van der Waals surface area contributed by atoms with E-state index in [9.17, 15) is 14.7 Å². The van der Waals surface area contributed by atoms with E-state index in [1.54, 1.807) is 0 Å². The van der Waals surface area contributed by atoms with Gasteiger partial charge in [0.25, 0.3) is 0 Å². The van der Waals surface area contributed by atoms with E-state index in [1.807, 2.05) is 0 Å². The van der Waals surface area contributed by atoms with E-state index in [2.05, 4.69) is 9.97 Å². The minimum Gasteiger partial charge on any atom is -0.436 e. The summed E-state index contributed by atoms with van der Waals surface area (Å²) in [4.78, 5) is 29.8. The summed E-state index contributed by atoms with van der Waals surface area (Å²) in [6.45, 7) is 0.933. The number of hydrogen-bond acceptors (Lipinski definition) is 8. The van der Waals surface area contributed by atoms with Gasteiger partial charge in [0.1, 0.15) is 12.4 Å². The number of nitrogens with zero attached hydrogens (tertiary/aromatic N) is 3. The highest BCUT2D eigenvalue weighted by molar-refractivity contribution is 5.66. The number of esters is 1. The molecule has 3 N–H and O–H groups in total. The van der Waals surface area contributed by atoms with Crippen LogP contribution < -0.4 is 11.4 Å². The van der Waals surface area contributed by atoms with Crippen LogP contribution in [0.1, 0.15) is 19.4 Å². The summed E-state index contributed by atoms with van der Waals surface area (Å²) in [5.74, 6) is -0.625. The maximum Gasteiger partial charge on any atom is 0.352 e. The quantitative estimate of drug-likeness (QED) is 0.630. The van der Waals surface area contributed by atoms with Crippen LogP contribution in [0.25, 0.3) is 0 Å². The van der Waals surface area contributed by atoms with Crippen molar-refractivity contribution in [2.45, 2.75) is 31.8 Å². The summed E-state index contributed by atoms with van der Waals surface area (Å²) >= 11 is 0. The average molecular weight is 270 g/mol. The normalized spacial score (nSPS) is 26.3. The minimum atomic E-state index is -0.802. The summed E-state index contributed by atoms with van der Waals surface area (Å²) in [5.41, 5.74) is 4.71. The van der Waals surface area contributed by atoms with Crippen LogP contribution in [0, 0.1) is 0 Å². The van der Waals surface area contributed by atoms with Gasteiger partial charge in [0, 0.05) is 13.3 Å². The van der Waals surface area contributed by atoms with E-state index in [-0.39, 0.29) is 19.0 Å². The van der Waals surface area contributed by atoms with Gasteiger partial charge < -0.3 is 20.3 Å². The fourth-order valence-corrected chi connectivity index (χ4v) is 1.99. The fourth-order valence-electron chi connectivity index (χ4n) is 1.99. The molecule has 0 amide bonds. The molecule has 1 unspecified atom stereocenters. The Hall–Kier alpha value is -2.00. The van der Waals surface area contributed by atoms with Crippen LogP contribution in [0.15, 0.2) is 11.1 Å². The molecule has 0 aliphatic carbocycles. The summed E-state index contributed by atoms with van der Waals surface area (Å²) in [6, 6.07) is -0.512. The smallest absolute Gasteiger partial charge is 0.352 e. The van der Waals surface area contributed by atoms with Crippen LogP contribution in [0.3, 0.4) is 0 Å². The van der Waals surface area contributed by atoms with Crippen molar-refractivity contribution in [3.05, 3.63) is 16.8 Å². The average Bonchev–Trinajstić information content (AvgIpc) is 2.71. The molecule has 0 radical (unpaired) electrons. The lowest BCUT2D eigenvalue weighted by Crippen LogP contribution is -2.33. The second-order valence-corrected chi connectivity index (χ2v) is 4.10. The van der Waals surface area contributed by atoms with E-state index in [1.165, 1.54) is 17.8 Å². The van der Waals surface area contributed by atoms with Gasteiger partial charge in [0.2, 0.25) is 12.2 Å². The topological polar surface area (TPSA) is 130 Å². The maximum absolute atomic E-state index is 11.7. The van der Waals surface area contributed by atoms with Gasteiger partial charge in [0.15, 0.2) is 0 Å². The van der Waals surface area contributed by atoms with Crippen molar-refractivity contribution in [2.24, 2.45) is 0 Å². The van der Waals surface area contributed by atoms with Crippen LogP contribution in [0.5, 0.6) is 0 Å². The van der Waals surface area contributed by atoms with Gasteiger partial charge in [-0.25, -0.2) is 9.78 Å². The second-order valence-electron chi connectivity index (χ2n) is 4.10. The summed E-state index contributed by atoms with van der Waals surface area (Å²) < 4.78 is 11.4. The number of aliphatic hydroxyl groups is 1. The molecule has 1 saturated heterocycles. The van der Waals surface area contributed by atoms with Crippen molar-refractivity contribution in [3.63, 3.8) is 0 Å². The first-order valence-electron chi connectivity index (χ1n) is 5.65. The molecule has 3 atom stereocenters. The highest BCUT2D eigenvalue weighted by Crippen LogP contribution is 2.30. The highest BCUT2D eigenvalue weighted by Gasteiger charge is 2.38. The van der Waals surface area contributed by atoms with Gasteiger partial charge in [-0.3, -0.25) is 9.36 Å². The second kappa shape index (κ2) is 5.33. The Kier molecular flexibility index (Phi) is 3.76. The third kappa shape index (κ3) is 2.88. The zero-order chi connectivity index (χ0) is 14.0. The van der Waals surface area contributed by atoms with E-state index >= 15 is 0 Å². The number of aromatic nitrogens is 3. The molecule has 1 aromatic heterocycles. The maximum atomic E-state index is 11.7. The van der Waals surface area contributed by atoms with Crippen molar-refractivity contribution >= 4 is 11.9 Å². The number of ether oxygens (including phenoxy) is 2. The lowest BCUT2D eigenvalue weighted by atomic mass is 10.1. The zero-order valence-corrected chi connectivity index (χ0v) is 10.2. The van der Waals surface area contributed by atoms with E-state index in [0.29, 0.717) is 0 Å². The third-order valence-electron chi connectivity index (χ3n) is 2.77. The molecule has 1 aromatic rings. The standard InChI is InChI=1S/C10H14N4O5/c1-5(16)18-8-2-6(7(3-15)19-8)14-4-12-9(11)13-10(14)17/h4,6-8,15H,2-3H2,1H3,(H2,11,13,17)/t6-,7+,8?/m0/s1. The molecule has 1 aliphatic heterocycles. The zero-order valence-electron chi connectivity index (χ0n) is 10.2. The Morgan fingerprint density at radius 2 is 2.47 bits per heavy atom. The van der Waals surface area contributed by atoms with Gasteiger partial charge in [-0.1, -0.05) is 0 Å². The molecular weight excluding hydrogens is 256 g/mol. The van der Waals surface area contributed by atoms with E-state index in [4.69, 9.17) is 15.2 Å². The monoisotopic (exact) mass is 270 g/mol. The van der Waals surface area contributed by atoms with Crippen LogP contribution in [-0.4, -0.2) is 44.6 Å². The van der Waals surface area contributed by atoms with Crippen molar-refractivity contribution in [1.29, 1.82) is 0 Å². The third-order valence-corrected chi connectivity index (χ3v) is 2.77. The number of anilines is 1. The predicted molar refractivity (Wildman–Crippen MR) is 61.9 cm³/mol. The molecule has 9 nitrogen and oxygen atoms in total. The molecule has 1 fully saturated rings. The Bertz CT molecular complexity index is 531. The summed E-state index contributed by atoms with van der Waals surface area (Å²) in [7, 11) is 0. The first-order valence-corrected chi connectivity index (χ1v) is 5.65. The Labute approximate surface area is 108 Å². The number of carbonyl (C=O) groups excluding carboxylic acids is 1. The van der Waals surface area contributed by atoms with E-state index in [0.717, 1.165) is 0 Å². The predicted octanol–water partition coefficient (Wildman–Crippen LogP) is -1.57. The number of rotatable bonds is 3. The number of aliphatic hydroxyl groups excluding tert-OH is 1. The SMILES string of the molecule is CC(=O)OC1C[C@H](n2cnc(N)nc2=O)[C@@H](CO)O1. The van der Waals surface area contributed by atoms with E-state index < -0.39 is 30.1 Å². The molecule has 0 spiro atoms. The molecule has 0 bridgehead atoms. The van der Waals surface area contributed by atoms with Gasteiger partial charge in [-0.2, -0.15) is 4.98 Å². The Morgan fingerprint density at radius 3 is 3.05 bits per heavy atom. The first-order chi connectivity index (χ1) is 9.01. The van der Waals surface area contributed by atoms with Crippen LogP contribution in [0.2, 0.25) is 0 Å². The number of nitrogens with two attached hydrogens (primary N) is 1. The summed E-state index contributed by atoms with van der Waals surface area (Å²) in [6.07, 6.45) is -0.00597. The summed E-state index contributed by atoms with van der Waals surface area (Å²) in [5, 5.41) is 9.25. The van der Waals surface area contributed by atoms with Crippen molar-refractivity contribution in [2.75, 3.05) is 12.3 Å². The minimum absolute atomic E-state index is 0.128.